The van der Waals surface area contributed by atoms with Crippen LogP contribution in [0.3, 0.4) is 0 Å². The van der Waals surface area contributed by atoms with E-state index in [1.807, 2.05) is 0 Å². The van der Waals surface area contributed by atoms with Gasteiger partial charge in [0.1, 0.15) is 5.82 Å². The van der Waals surface area contributed by atoms with Crippen LogP contribution in [0.4, 0.5) is 11.5 Å². The third kappa shape index (κ3) is 8.17. The van der Waals surface area contributed by atoms with E-state index >= 15 is 0 Å². The lowest BCUT2D eigenvalue weighted by Gasteiger charge is -2.42. The Morgan fingerprint density at radius 1 is 0.276 bits per heavy atom. The molecule has 1 aliphatic heterocycles. The molecule has 0 radical (unpaired) electrons. The zero-order valence-electron chi connectivity index (χ0n) is 41.9. The van der Waals surface area contributed by atoms with E-state index in [0.717, 1.165) is 33.9 Å². The van der Waals surface area contributed by atoms with Crippen molar-refractivity contribution in [2.75, 3.05) is 4.81 Å². The fraction of sp³-hybridized carbons (Fsp3) is 0. The molecule has 0 saturated carbocycles. The second-order valence-corrected chi connectivity index (χ2v) is 25.3. The number of anilines is 2. The number of fused-ring (bicyclic) bond motifs is 3. The van der Waals surface area contributed by atoms with Gasteiger partial charge in [-0.3, -0.25) is 0 Å². The third-order valence-electron chi connectivity index (χ3n) is 14.7. The first-order valence-corrected chi connectivity index (χ1v) is 29.2. The summed E-state index contributed by atoms with van der Waals surface area (Å²) < 4.78 is 0. The van der Waals surface area contributed by atoms with Gasteiger partial charge in [0.05, 0.1) is 5.69 Å². The molecule has 0 atom stereocenters. The predicted molar refractivity (Wildman–Crippen MR) is 321 cm³/mol. The van der Waals surface area contributed by atoms with Crippen LogP contribution < -0.4 is 15.7 Å². The molecule has 0 fully saturated rings. The van der Waals surface area contributed by atoms with E-state index < -0.39 is 20.1 Å². The van der Waals surface area contributed by atoms with Crippen molar-refractivity contribution in [3.05, 3.63) is 322 Å². The maximum atomic E-state index is 5.90. The monoisotopic (exact) mass is 1010 g/mol. The highest BCUT2D eigenvalue weighted by atomic mass is 32.3. The molecule has 0 N–H and O–H groups in total. The van der Waals surface area contributed by atoms with Crippen molar-refractivity contribution < 1.29 is 0 Å². The van der Waals surface area contributed by atoms with Gasteiger partial charge < -0.3 is 4.81 Å². The molecule has 5 heteroatoms. The minimum Gasteiger partial charge on any atom is -0.361 e. The fourth-order valence-corrected chi connectivity index (χ4v) is 19.3. The number of hydrogen-bond donors (Lipinski definition) is 0. The maximum absolute atomic E-state index is 5.90. The SMILES string of the molecule is c1ccc(B2c3ccccc3-c3ccccc3N2c2cc(-c3cccc(S(c4ccccc4)(c4ccccc4)c4ccccc4)c3)cc(-c3cccc(S(c4ccccc4)(c4ccccc4)c4ccccc4)c3)n2)cc1. The zero-order valence-corrected chi connectivity index (χ0v) is 43.5. The summed E-state index contributed by atoms with van der Waals surface area (Å²) in [7, 11) is -3.97. The molecule has 1 aromatic heterocycles. The molecule has 2 heterocycles. The predicted octanol–water partition coefficient (Wildman–Crippen LogP) is 18.0. The summed E-state index contributed by atoms with van der Waals surface area (Å²) in [6.45, 7) is -0.154. The smallest absolute Gasteiger partial charge is 0.330 e. The van der Waals surface area contributed by atoms with Crippen LogP contribution in [0.25, 0.3) is 33.5 Å². The van der Waals surface area contributed by atoms with Crippen LogP contribution in [-0.4, -0.2) is 11.8 Å². The van der Waals surface area contributed by atoms with Gasteiger partial charge in [0.25, 0.3) is 0 Å². The molecular weight excluding hydrogens is 956 g/mol. The van der Waals surface area contributed by atoms with E-state index in [2.05, 4.69) is 326 Å². The molecule has 11 aromatic carbocycles. The summed E-state index contributed by atoms with van der Waals surface area (Å²) in [6, 6.07) is 119. The van der Waals surface area contributed by atoms with Gasteiger partial charge in [0.15, 0.2) is 0 Å². The largest absolute Gasteiger partial charge is 0.361 e. The molecule has 2 nitrogen and oxygen atoms in total. The molecular formula is C71H53BN2S2. The Bertz CT molecular complexity index is 3560. The molecule has 0 saturated heterocycles. The number of para-hydroxylation sites is 1. The second-order valence-electron chi connectivity index (χ2n) is 19.0. The van der Waals surface area contributed by atoms with E-state index in [-0.39, 0.29) is 6.85 Å². The highest BCUT2D eigenvalue weighted by Crippen LogP contribution is 2.75. The van der Waals surface area contributed by atoms with Crippen molar-refractivity contribution in [2.24, 2.45) is 0 Å². The summed E-state index contributed by atoms with van der Waals surface area (Å²) >= 11 is 0. The van der Waals surface area contributed by atoms with Gasteiger partial charge >= 0.3 is 6.85 Å². The molecule has 0 bridgehead atoms. The van der Waals surface area contributed by atoms with Crippen LogP contribution >= 0.6 is 20.1 Å². The van der Waals surface area contributed by atoms with Gasteiger partial charge in [-0.15, -0.1) is 20.1 Å². The van der Waals surface area contributed by atoms with E-state index in [9.17, 15) is 0 Å². The van der Waals surface area contributed by atoms with Gasteiger partial charge in [-0.1, -0.05) is 212 Å². The number of aromatic nitrogens is 1. The lowest BCUT2D eigenvalue weighted by Crippen LogP contribution is -2.57. The summed E-state index contributed by atoms with van der Waals surface area (Å²) in [4.78, 5) is 18.6. The quantitative estimate of drug-likeness (QED) is 0.113. The van der Waals surface area contributed by atoms with Gasteiger partial charge in [0.2, 0.25) is 0 Å². The second kappa shape index (κ2) is 20.4. The normalized spacial score (nSPS) is 12.6. The maximum Gasteiger partial charge on any atom is 0.330 e. The number of pyridine rings is 1. The van der Waals surface area contributed by atoms with Crippen molar-refractivity contribution in [3.8, 4) is 33.5 Å². The highest BCUT2D eigenvalue weighted by Gasteiger charge is 2.39. The Labute approximate surface area is 450 Å². The third-order valence-corrected chi connectivity index (χ3v) is 22.5. The first-order chi connectivity index (χ1) is 37.7. The molecule has 1 aliphatic rings. The minimum atomic E-state index is -1.99. The lowest BCUT2D eigenvalue weighted by molar-refractivity contribution is 1.21. The average Bonchev–Trinajstić information content (AvgIpc) is 3.63. The van der Waals surface area contributed by atoms with Crippen molar-refractivity contribution >= 4 is 49.3 Å². The van der Waals surface area contributed by atoms with Crippen molar-refractivity contribution in [3.63, 3.8) is 0 Å². The van der Waals surface area contributed by atoms with Crippen LogP contribution in [-0.2, 0) is 0 Å². The van der Waals surface area contributed by atoms with Crippen molar-refractivity contribution in [1.82, 2.24) is 4.98 Å². The van der Waals surface area contributed by atoms with Crippen molar-refractivity contribution in [2.45, 2.75) is 39.2 Å². The Morgan fingerprint density at radius 3 is 1.12 bits per heavy atom. The lowest BCUT2D eigenvalue weighted by atomic mass is 9.46. The molecule has 76 heavy (non-hydrogen) atoms. The average molecular weight is 1010 g/mol. The van der Waals surface area contributed by atoms with Crippen LogP contribution in [0.1, 0.15) is 0 Å². The first-order valence-electron chi connectivity index (χ1n) is 25.9. The molecule has 12 aromatic rings. The Kier molecular flexibility index (Phi) is 12.6. The van der Waals surface area contributed by atoms with Crippen molar-refractivity contribution in [1.29, 1.82) is 0 Å². The van der Waals surface area contributed by atoms with Gasteiger partial charge in [0, 0.05) is 56.0 Å². The molecule has 13 rings (SSSR count). The number of benzene rings is 11. The van der Waals surface area contributed by atoms with E-state index in [1.54, 1.807) is 0 Å². The number of nitrogens with zero attached hydrogens (tertiary/aromatic N) is 2. The van der Waals surface area contributed by atoms with Crippen LogP contribution in [0.5, 0.6) is 0 Å². The molecule has 362 valence electrons. The van der Waals surface area contributed by atoms with Crippen LogP contribution in [0.15, 0.2) is 361 Å². The summed E-state index contributed by atoms with van der Waals surface area (Å²) in [5, 5.41) is 0. The summed E-state index contributed by atoms with van der Waals surface area (Å²) in [5.74, 6) is 0.875. The Morgan fingerprint density at radius 2 is 0.645 bits per heavy atom. The molecule has 0 amide bonds. The minimum absolute atomic E-state index is 0.154. The van der Waals surface area contributed by atoms with Gasteiger partial charge in [-0.2, -0.15) is 0 Å². The fourth-order valence-electron chi connectivity index (χ4n) is 11.4. The van der Waals surface area contributed by atoms with Gasteiger partial charge in [-0.25, -0.2) is 4.98 Å². The standard InChI is InChI=1S/C71H53BN2S2/c1-8-30-57(31-9-1)72-68-48-24-22-46-66(68)67-47-23-25-49-70(67)74(72)71-53-56(54-28-26-44-64(50-54)75(58-32-10-2-11-33-58,59-34-12-3-13-35-59)60-36-14-4-15-37-60)52-69(73-71)55-29-27-45-65(51-55)76(61-38-16-5-17-39-61,62-40-18-6-19-41-62)63-42-20-7-21-43-63/h1-53H. The van der Waals surface area contributed by atoms with Crippen LogP contribution in [0, 0.1) is 0 Å². The van der Waals surface area contributed by atoms with Gasteiger partial charge in [-0.05, 0) is 137 Å². The Hall–Kier alpha value is -8.87. The zero-order chi connectivity index (χ0) is 50.7. The Balaban J connectivity index is 1.09. The van der Waals surface area contributed by atoms with E-state index in [1.165, 1.54) is 61.2 Å². The number of hydrogen-bond acceptors (Lipinski definition) is 2. The molecule has 0 aliphatic carbocycles. The summed E-state index contributed by atoms with van der Waals surface area (Å²) in [6.07, 6.45) is 0. The highest BCUT2D eigenvalue weighted by molar-refractivity contribution is 8.34. The topological polar surface area (TPSA) is 16.1 Å². The van der Waals surface area contributed by atoms with Crippen LogP contribution in [0.2, 0.25) is 0 Å². The first kappa shape index (κ1) is 46.9. The van der Waals surface area contributed by atoms with E-state index in [0.29, 0.717) is 0 Å². The van der Waals surface area contributed by atoms with E-state index in [4.69, 9.17) is 4.98 Å². The molecule has 0 unspecified atom stereocenters. The summed E-state index contributed by atoms with van der Waals surface area (Å²) in [5.41, 5.74) is 10.2. The molecule has 0 spiro atoms. The number of rotatable bonds is 12.